The Hall–Kier alpha value is -2.57. The van der Waals surface area contributed by atoms with Crippen LogP contribution in [0.4, 0.5) is 0 Å². The third kappa shape index (κ3) is 6.98. The average molecular weight is 512 g/mol. The molecule has 0 saturated carbocycles. The summed E-state index contributed by atoms with van der Waals surface area (Å²) < 4.78 is 5.88. The van der Waals surface area contributed by atoms with Crippen molar-refractivity contribution in [3.63, 3.8) is 0 Å². The summed E-state index contributed by atoms with van der Waals surface area (Å²) in [4.78, 5) is 17.5. The van der Waals surface area contributed by atoms with Gasteiger partial charge in [-0.2, -0.15) is 0 Å². The summed E-state index contributed by atoms with van der Waals surface area (Å²) in [5.41, 5.74) is 3.25. The second-order valence-electron chi connectivity index (χ2n) is 8.78. The third-order valence-corrected chi connectivity index (χ3v) is 7.23. The highest BCUT2D eigenvalue weighted by atomic mass is 35.5. The van der Waals surface area contributed by atoms with Crippen molar-refractivity contribution in [2.24, 2.45) is 0 Å². The van der Waals surface area contributed by atoms with E-state index in [1.165, 1.54) is 0 Å². The minimum absolute atomic E-state index is 0.136. The van der Waals surface area contributed by atoms with Gasteiger partial charge in [-0.3, -0.25) is 9.69 Å². The van der Waals surface area contributed by atoms with Crippen LogP contribution in [0.2, 0.25) is 10.0 Å². The Morgan fingerprint density at radius 2 is 1.63 bits per heavy atom. The first-order valence-corrected chi connectivity index (χ1v) is 12.7. The predicted octanol–water partition coefficient (Wildman–Crippen LogP) is 5.05. The molecule has 1 saturated heterocycles. The third-order valence-electron chi connectivity index (χ3n) is 6.37. The highest BCUT2D eigenvalue weighted by Gasteiger charge is 2.27. The molecule has 1 aliphatic heterocycles. The van der Waals surface area contributed by atoms with Gasteiger partial charge in [0.2, 0.25) is 5.91 Å². The molecule has 0 spiro atoms. The average Bonchev–Trinajstić information content (AvgIpc) is 2.90. The summed E-state index contributed by atoms with van der Waals surface area (Å²) in [5, 5.41) is 4.39. The number of halogens is 2. The normalized spacial score (nSPS) is 15.1. The van der Waals surface area contributed by atoms with Crippen LogP contribution in [0.3, 0.4) is 0 Å². The van der Waals surface area contributed by atoms with Crippen LogP contribution in [-0.2, 0) is 24.4 Å². The zero-order chi connectivity index (χ0) is 24.6. The largest absolute Gasteiger partial charge is 0.489 e. The molecule has 35 heavy (non-hydrogen) atoms. The molecule has 0 unspecified atom stereocenters. The van der Waals surface area contributed by atoms with Crippen LogP contribution in [0.1, 0.15) is 16.7 Å². The van der Waals surface area contributed by atoms with Gasteiger partial charge < -0.3 is 15.0 Å². The number of likely N-dealkylation sites (N-methyl/N-ethyl adjacent to an activating group) is 1. The van der Waals surface area contributed by atoms with E-state index < -0.39 is 0 Å². The molecular formula is C28H31Cl2N3O2. The zero-order valence-corrected chi connectivity index (χ0v) is 21.4. The van der Waals surface area contributed by atoms with E-state index in [2.05, 4.69) is 10.2 Å². The van der Waals surface area contributed by atoms with Crippen molar-refractivity contribution in [2.45, 2.75) is 25.6 Å². The van der Waals surface area contributed by atoms with Crippen molar-refractivity contribution in [1.82, 2.24) is 15.1 Å². The molecule has 0 bridgehead atoms. The maximum Gasteiger partial charge on any atom is 0.240 e. The SMILES string of the molecule is CN[C@@H](Cc1ccc(OCc2ccccc2)cc1)C(=O)N1CCN(Cc2cccc(Cl)c2Cl)CC1. The molecule has 0 radical (unpaired) electrons. The second kappa shape index (κ2) is 12.4. The molecule has 1 amide bonds. The lowest BCUT2D eigenvalue weighted by molar-refractivity contribution is -0.135. The quantitative estimate of drug-likeness (QED) is 0.436. The number of rotatable bonds is 9. The van der Waals surface area contributed by atoms with Crippen LogP contribution in [0.15, 0.2) is 72.8 Å². The van der Waals surface area contributed by atoms with Crippen LogP contribution in [0.25, 0.3) is 0 Å². The maximum absolute atomic E-state index is 13.2. The lowest BCUT2D eigenvalue weighted by atomic mass is 10.0. The van der Waals surface area contributed by atoms with E-state index in [-0.39, 0.29) is 11.9 Å². The molecule has 4 rings (SSSR count). The Morgan fingerprint density at radius 1 is 0.914 bits per heavy atom. The molecular weight excluding hydrogens is 481 g/mol. The number of hydrogen-bond acceptors (Lipinski definition) is 4. The van der Waals surface area contributed by atoms with E-state index in [4.69, 9.17) is 27.9 Å². The zero-order valence-electron chi connectivity index (χ0n) is 19.9. The second-order valence-corrected chi connectivity index (χ2v) is 9.56. The number of carbonyl (C=O) groups is 1. The lowest BCUT2D eigenvalue weighted by Gasteiger charge is -2.36. The smallest absolute Gasteiger partial charge is 0.240 e. The van der Waals surface area contributed by atoms with Gasteiger partial charge in [-0.25, -0.2) is 0 Å². The van der Waals surface area contributed by atoms with Crippen LogP contribution >= 0.6 is 23.2 Å². The number of carbonyl (C=O) groups excluding carboxylic acids is 1. The van der Waals surface area contributed by atoms with E-state index in [1.807, 2.05) is 78.7 Å². The van der Waals surface area contributed by atoms with E-state index in [1.54, 1.807) is 6.07 Å². The summed E-state index contributed by atoms with van der Waals surface area (Å²) >= 11 is 12.5. The Bertz CT molecular complexity index is 1100. The molecule has 3 aromatic carbocycles. The van der Waals surface area contributed by atoms with E-state index in [9.17, 15) is 4.79 Å². The van der Waals surface area contributed by atoms with Gasteiger partial charge in [0.15, 0.2) is 0 Å². The van der Waals surface area contributed by atoms with Gasteiger partial charge in [0.25, 0.3) is 0 Å². The van der Waals surface area contributed by atoms with Crippen LogP contribution < -0.4 is 10.1 Å². The van der Waals surface area contributed by atoms with Gasteiger partial charge in [0.05, 0.1) is 16.1 Å². The van der Waals surface area contributed by atoms with Gasteiger partial charge in [-0.15, -0.1) is 0 Å². The fourth-order valence-corrected chi connectivity index (χ4v) is 4.65. The van der Waals surface area contributed by atoms with Crippen molar-refractivity contribution in [3.8, 4) is 5.75 Å². The molecule has 3 aromatic rings. The van der Waals surface area contributed by atoms with Gasteiger partial charge in [0, 0.05) is 32.7 Å². The van der Waals surface area contributed by atoms with Crippen molar-refractivity contribution >= 4 is 29.1 Å². The number of ether oxygens (including phenoxy) is 1. The number of nitrogens with one attached hydrogen (secondary N) is 1. The standard InChI is InChI=1S/C28H31Cl2N3O2/c1-31-26(18-21-10-12-24(13-11-21)35-20-22-6-3-2-4-7-22)28(34)33-16-14-32(15-17-33)19-23-8-5-9-25(29)27(23)30/h2-13,26,31H,14-20H2,1H3/t26-/m0/s1. The van der Waals surface area contributed by atoms with Crippen molar-refractivity contribution in [2.75, 3.05) is 33.2 Å². The van der Waals surface area contributed by atoms with Crippen molar-refractivity contribution in [3.05, 3.63) is 99.5 Å². The molecule has 1 N–H and O–H groups in total. The molecule has 1 aliphatic rings. The number of piperazine rings is 1. The van der Waals surface area contributed by atoms with Crippen LogP contribution in [0, 0.1) is 0 Å². The molecule has 7 heteroatoms. The first-order chi connectivity index (χ1) is 17.0. The molecule has 1 fully saturated rings. The Labute approximate surface area is 217 Å². The van der Waals surface area contributed by atoms with Gasteiger partial charge >= 0.3 is 0 Å². The van der Waals surface area contributed by atoms with Crippen LogP contribution in [0.5, 0.6) is 5.75 Å². The fourth-order valence-electron chi connectivity index (χ4n) is 4.27. The van der Waals surface area contributed by atoms with Gasteiger partial charge in [-0.1, -0.05) is 77.8 Å². The van der Waals surface area contributed by atoms with E-state index in [0.29, 0.717) is 36.2 Å². The van der Waals surface area contributed by atoms with Crippen LogP contribution in [-0.4, -0.2) is 55.0 Å². The summed E-state index contributed by atoms with van der Waals surface area (Å²) in [7, 11) is 1.84. The highest BCUT2D eigenvalue weighted by Crippen LogP contribution is 2.27. The number of nitrogens with zero attached hydrogens (tertiary/aromatic N) is 2. The first-order valence-electron chi connectivity index (χ1n) is 11.9. The lowest BCUT2D eigenvalue weighted by Crippen LogP contribution is -2.54. The molecule has 1 heterocycles. The van der Waals surface area contributed by atoms with Gasteiger partial charge in [0.1, 0.15) is 12.4 Å². The predicted molar refractivity (Wildman–Crippen MR) is 142 cm³/mol. The Morgan fingerprint density at radius 3 is 2.31 bits per heavy atom. The molecule has 5 nitrogen and oxygen atoms in total. The minimum Gasteiger partial charge on any atom is -0.489 e. The Kier molecular flexibility index (Phi) is 9.05. The number of amides is 1. The molecule has 1 atom stereocenters. The summed E-state index contributed by atoms with van der Waals surface area (Å²) in [6.07, 6.45) is 0.632. The fraction of sp³-hybridized carbons (Fsp3) is 0.321. The maximum atomic E-state index is 13.2. The first kappa shape index (κ1) is 25.5. The van der Waals surface area contributed by atoms with E-state index >= 15 is 0 Å². The summed E-state index contributed by atoms with van der Waals surface area (Å²) in [5.74, 6) is 0.957. The van der Waals surface area contributed by atoms with Crippen molar-refractivity contribution in [1.29, 1.82) is 0 Å². The van der Waals surface area contributed by atoms with Crippen molar-refractivity contribution < 1.29 is 9.53 Å². The molecule has 0 aliphatic carbocycles. The summed E-state index contributed by atoms with van der Waals surface area (Å²) in [6.45, 7) is 4.27. The Balaban J connectivity index is 1.26. The highest BCUT2D eigenvalue weighted by molar-refractivity contribution is 6.42. The summed E-state index contributed by atoms with van der Waals surface area (Å²) in [6, 6.07) is 23.6. The molecule has 184 valence electrons. The number of benzene rings is 3. The monoisotopic (exact) mass is 511 g/mol. The topological polar surface area (TPSA) is 44.8 Å². The minimum atomic E-state index is -0.264. The van der Waals surface area contributed by atoms with Gasteiger partial charge in [-0.05, 0) is 48.4 Å². The number of hydrogen-bond donors (Lipinski definition) is 1. The van der Waals surface area contributed by atoms with E-state index in [0.717, 1.165) is 42.1 Å². The molecule has 0 aromatic heterocycles.